The SMILES string of the molecule is CCC(CC(=O)O)NC(=O)CC1(NC(=O)OCC2c3ccccc3-c3ccccc32)CCN(Cc2ccccc2)CC1. The second-order valence-corrected chi connectivity index (χ2v) is 11.4. The van der Waals surface area contributed by atoms with Crippen molar-refractivity contribution >= 4 is 18.0 Å². The maximum atomic E-state index is 13.3. The molecule has 0 saturated carbocycles. The zero-order chi connectivity index (χ0) is 29.5. The minimum atomic E-state index is -0.956. The number of carbonyl (C=O) groups excluding carboxylic acids is 2. The Hall–Kier alpha value is -4.17. The molecule has 1 fully saturated rings. The molecule has 42 heavy (non-hydrogen) atoms. The van der Waals surface area contributed by atoms with E-state index in [0.717, 1.165) is 28.8 Å². The predicted octanol–water partition coefficient (Wildman–Crippen LogP) is 5.32. The molecule has 1 aliphatic heterocycles. The normalized spacial score (nSPS) is 16.6. The molecule has 0 bridgehead atoms. The van der Waals surface area contributed by atoms with E-state index < -0.39 is 23.6 Å². The lowest BCUT2D eigenvalue weighted by Gasteiger charge is -2.42. The molecule has 220 valence electrons. The molecule has 1 saturated heterocycles. The smallest absolute Gasteiger partial charge is 0.407 e. The van der Waals surface area contributed by atoms with E-state index in [1.165, 1.54) is 5.56 Å². The summed E-state index contributed by atoms with van der Waals surface area (Å²) in [5.74, 6) is -1.28. The van der Waals surface area contributed by atoms with Gasteiger partial charge >= 0.3 is 12.1 Å². The summed E-state index contributed by atoms with van der Waals surface area (Å²) in [6.45, 7) is 4.25. The molecule has 0 radical (unpaired) electrons. The number of hydrogen-bond donors (Lipinski definition) is 3. The number of fused-ring (bicyclic) bond motifs is 3. The number of aliphatic carboxylic acids is 1. The van der Waals surface area contributed by atoms with Crippen LogP contribution < -0.4 is 10.6 Å². The molecule has 3 aromatic rings. The number of hydrogen-bond acceptors (Lipinski definition) is 5. The van der Waals surface area contributed by atoms with Crippen LogP contribution in [0.5, 0.6) is 0 Å². The van der Waals surface area contributed by atoms with Gasteiger partial charge in [-0.05, 0) is 47.1 Å². The Labute approximate surface area is 247 Å². The second kappa shape index (κ2) is 13.2. The van der Waals surface area contributed by atoms with Gasteiger partial charge in [-0.15, -0.1) is 0 Å². The van der Waals surface area contributed by atoms with E-state index in [0.29, 0.717) is 32.4 Å². The van der Waals surface area contributed by atoms with Crippen LogP contribution in [0.15, 0.2) is 78.9 Å². The Morgan fingerprint density at radius 1 is 0.929 bits per heavy atom. The molecule has 1 atom stereocenters. The molecular formula is C34H39N3O5. The van der Waals surface area contributed by atoms with Crippen molar-refractivity contribution in [3.8, 4) is 11.1 Å². The first-order valence-corrected chi connectivity index (χ1v) is 14.8. The van der Waals surface area contributed by atoms with E-state index in [1.54, 1.807) is 0 Å². The first-order valence-electron chi connectivity index (χ1n) is 14.8. The third-order valence-electron chi connectivity index (χ3n) is 8.55. The zero-order valence-electron chi connectivity index (χ0n) is 24.1. The van der Waals surface area contributed by atoms with Crippen LogP contribution in [0, 0.1) is 0 Å². The summed E-state index contributed by atoms with van der Waals surface area (Å²) in [6, 6.07) is 26.2. The van der Waals surface area contributed by atoms with Gasteiger partial charge in [0.25, 0.3) is 0 Å². The van der Waals surface area contributed by atoms with Gasteiger partial charge in [0.1, 0.15) is 6.61 Å². The van der Waals surface area contributed by atoms with Crippen molar-refractivity contribution < 1.29 is 24.2 Å². The molecule has 1 unspecified atom stereocenters. The van der Waals surface area contributed by atoms with E-state index in [9.17, 15) is 19.5 Å². The van der Waals surface area contributed by atoms with E-state index in [1.807, 2.05) is 49.4 Å². The number of alkyl carbamates (subject to hydrolysis) is 1. The van der Waals surface area contributed by atoms with Crippen molar-refractivity contribution in [3.63, 3.8) is 0 Å². The highest BCUT2D eigenvalue weighted by molar-refractivity contribution is 5.81. The van der Waals surface area contributed by atoms with Gasteiger partial charge in [-0.1, -0.05) is 85.8 Å². The molecule has 5 rings (SSSR count). The Balaban J connectivity index is 1.26. The van der Waals surface area contributed by atoms with E-state index in [4.69, 9.17) is 4.74 Å². The highest BCUT2D eigenvalue weighted by atomic mass is 16.5. The van der Waals surface area contributed by atoms with Crippen molar-refractivity contribution in [1.29, 1.82) is 0 Å². The quantitative estimate of drug-likeness (QED) is 0.289. The zero-order valence-corrected chi connectivity index (χ0v) is 24.1. The van der Waals surface area contributed by atoms with Gasteiger partial charge in [-0.3, -0.25) is 14.5 Å². The summed E-state index contributed by atoms with van der Waals surface area (Å²) in [6.07, 6.45) is 1.04. The summed E-state index contributed by atoms with van der Waals surface area (Å²) >= 11 is 0. The van der Waals surface area contributed by atoms with Crippen LogP contribution in [0.2, 0.25) is 0 Å². The number of carboxylic acids is 1. The number of carbonyl (C=O) groups is 3. The topological polar surface area (TPSA) is 108 Å². The number of rotatable bonds is 11. The molecule has 0 aromatic heterocycles. The summed E-state index contributed by atoms with van der Waals surface area (Å²) < 4.78 is 5.85. The van der Waals surface area contributed by atoms with Crippen molar-refractivity contribution in [3.05, 3.63) is 95.6 Å². The molecule has 2 aliphatic rings. The third kappa shape index (κ3) is 6.99. The van der Waals surface area contributed by atoms with Crippen LogP contribution in [0.4, 0.5) is 4.79 Å². The Bertz CT molecular complexity index is 1360. The van der Waals surface area contributed by atoms with Gasteiger partial charge in [-0.2, -0.15) is 0 Å². The Morgan fingerprint density at radius 3 is 2.12 bits per heavy atom. The molecular weight excluding hydrogens is 530 g/mol. The fourth-order valence-corrected chi connectivity index (χ4v) is 6.27. The molecule has 1 aliphatic carbocycles. The largest absolute Gasteiger partial charge is 0.481 e. The number of ether oxygens (including phenoxy) is 1. The number of likely N-dealkylation sites (tertiary alicyclic amines) is 1. The van der Waals surface area contributed by atoms with E-state index in [-0.39, 0.29) is 31.3 Å². The molecule has 0 spiro atoms. The van der Waals surface area contributed by atoms with Gasteiger partial charge in [0.2, 0.25) is 5.91 Å². The fraction of sp³-hybridized carbons (Fsp3) is 0.382. The van der Waals surface area contributed by atoms with Crippen LogP contribution in [0.3, 0.4) is 0 Å². The second-order valence-electron chi connectivity index (χ2n) is 11.4. The average molecular weight is 570 g/mol. The summed E-state index contributed by atoms with van der Waals surface area (Å²) in [4.78, 5) is 40.0. The Morgan fingerprint density at radius 2 is 1.52 bits per heavy atom. The van der Waals surface area contributed by atoms with Crippen LogP contribution >= 0.6 is 0 Å². The van der Waals surface area contributed by atoms with Crippen molar-refractivity contribution in [2.24, 2.45) is 0 Å². The Kier molecular flexibility index (Phi) is 9.22. The lowest BCUT2D eigenvalue weighted by molar-refractivity contribution is -0.137. The first-order chi connectivity index (χ1) is 20.4. The highest BCUT2D eigenvalue weighted by Crippen LogP contribution is 2.44. The minimum Gasteiger partial charge on any atom is -0.481 e. The van der Waals surface area contributed by atoms with Gasteiger partial charge in [0.15, 0.2) is 0 Å². The maximum absolute atomic E-state index is 13.3. The minimum absolute atomic E-state index is 0.0588. The van der Waals surface area contributed by atoms with Crippen LogP contribution in [-0.2, 0) is 20.9 Å². The lowest BCUT2D eigenvalue weighted by Crippen LogP contribution is -2.57. The van der Waals surface area contributed by atoms with Gasteiger partial charge < -0.3 is 20.5 Å². The number of nitrogens with one attached hydrogen (secondary N) is 2. The molecule has 8 heteroatoms. The van der Waals surface area contributed by atoms with Gasteiger partial charge in [-0.25, -0.2) is 4.79 Å². The van der Waals surface area contributed by atoms with E-state index >= 15 is 0 Å². The number of piperidine rings is 1. The van der Waals surface area contributed by atoms with Crippen molar-refractivity contribution in [2.75, 3.05) is 19.7 Å². The van der Waals surface area contributed by atoms with Crippen molar-refractivity contribution in [2.45, 2.75) is 63.1 Å². The molecule has 3 aromatic carbocycles. The van der Waals surface area contributed by atoms with E-state index in [2.05, 4.69) is 51.9 Å². The van der Waals surface area contributed by atoms with Crippen LogP contribution in [0.1, 0.15) is 61.6 Å². The summed E-state index contributed by atoms with van der Waals surface area (Å²) in [5.41, 5.74) is 5.02. The van der Waals surface area contributed by atoms with Crippen molar-refractivity contribution in [1.82, 2.24) is 15.5 Å². The molecule has 2 amide bonds. The predicted molar refractivity (Wildman–Crippen MR) is 161 cm³/mol. The number of nitrogens with zero attached hydrogens (tertiary/aromatic N) is 1. The fourth-order valence-electron chi connectivity index (χ4n) is 6.27. The average Bonchev–Trinajstić information content (AvgIpc) is 3.31. The molecule has 8 nitrogen and oxygen atoms in total. The molecule has 3 N–H and O–H groups in total. The van der Waals surface area contributed by atoms with Crippen LogP contribution in [-0.4, -0.2) is 59.3 Å². The standard InChI is InChI=1S/C34H39N3O5/c1-2-25(20-32(39)40)35-31(38)21-34(16-18-37(19-17-34)22-24-10-4-3-5-11-24)36-33(41)42-23-30-28-14-8-6-12-26(28)27-13-7-9-15-29(27)30/h3-15,25,30H,2,16-23H2,1H3,(H,35,38)(H,36,41)(H,39,40). The monoisotopic (exact) mass is 569 g/mol. The summed E-state index contributed by atoms with van der Waals surface area (Å²) in [5, 5.41) is 15.2. The lowest BCUT2D eigenvalue weighted by atomic mass is 9.83. The number of carboxylic acid groups (broad SMARTS) is 1. The van der Waals surface area contributed by atoms with Crippen LogP contribution in [0.25, 0.3) is 11.1 Å². The number of amides is 2. The highest BCUT2D eigenvalue weighted by Gasteiger charge is 2.39. The first kappa shape index (κ1) is 29.3. The third-order valence-corrected chi connectivity index (χ3v) is 8.55. The summed E-state index contributed by atoms with van der Waals surface area (Å²) in [7, 11) is 0. The van der Waals surface area contributed by atoms with Gasteiger partial charge in [0, 0.05) is 38.0 Å². The maximum Gasteiger partial charge on any atom is 0.407 e. The number of benzene rings is 3. The molecule has 1 heterocycles. The van der Waals surface area contributed by atoms with Gasteiger partial charge in [0.05, 0.1) is 12.0 Å².